The molecule has 0 unspecified atom stereocenters. The number of nitrogens with one attached hydrogen (secondary N) is 1. The van der Waals surface area contributed by atoms with Crippen LogP contribution in [0.1, 0.15) is 63.5 Å². The van der Waals surface area contributed by atoms with E-state index in [0.717, 1.165) is 37.6 Å². The quantitative estimate of drug-likeness (QED) is 0.702. The van der Waals surface area contributed by atoms with Crippen molar-refractivity contribution in [1.82, 2.24) is 10.2 Å². The van der Waals surface area contributed by atoms with Crippen molar-refractivity contribution in [3.05, 3.63) is 29.3 Å². The van der Waals surface area contributed by atoms with Crippen LogP contribution in [-0.4, -0.2) is 43.1 Å². The number of fused-ring (bicyclic) bond motifs is 1. The maximum absolute atomic E-state index is 12.5. The normalized spacial score (nSPS) is 19.3. The van der Waals surface area contributed by atoms with Gasteiger partial charge in [0.1, 0.15) is 5.75 Å². The van der Waals surface area contributed by atoms with Gasteiger partial charge in [0.15, 0.2) is 6.10 Å². The lowest BCUT2D eigenvalue weighted by Crippen LogP contribution is -2.40. The Morgan fingerprint density at radius 1 is 1.22 bits per heavy atom. The van der Waals surface area contributed by atoms with E-state index in [2.05, 4.69) is 29.3 Å². The van der Waals surface area contributed by atoms with Crippen molar-refractivity contribution in [2.24, 2.45) is 5.92 Å². The molecule has 0 saturated carbocycles. The Morgan fingerprint density at radius 3 is 2.70 bits per heavy atom. The van der Waals surface area contributed by atoms with Crippen molar-refractivity contribution < 1.29 is 9.53 Å². The zero-order valence-electron chi connectivity index (χ0n) is 17.1. The molecule has 1 aromatic rings. The fraction of sp³-hybridized carbons (Fsp3) is 0.696. The SMILES string of the molecule is CC[C@@H](Oc1ccc2c(c1)CCCC2)C(=O)NCCCN1CCC(C)CC1. The Labute approximate surface area is 164 Å². The lowest BCUT2D eigenvalue weighted by atomic mass is 9.92. The molecule has 1 N–H and O–H groups in total. The van der Waals surface area contributed by atoms with Crippen LogP contribution in [0, 0.1) is 5.92 Å². The zero-order chi connectivity index (χ0) is 19.1. The molecule has 1 aliphatic carbocycles. The molecule has 1 aromatic carbocycles. The minimum Gasteiger partial charge on any atom is -0.481 e. The van der Waals surface area contributed by atoms with E-state index < -0.39 is 6.10 Å². The monoisotopic (exact) mass is 372 g/mol. The second-order valence-corrected chi connectivity index (χ2v) is 8.32. The minimum absolute atomic E-state index is 0.0162. The van der Waals surface area contributed by atoms with Crippen LogP contribution in [0.25, 0.3) is 0 Å². The van der Waals surface area contributed by atoms with Crippen molar-refractivity contribution in [3.8, 4) is 5.75 Å². The highest BCUT2D eigenvalue weighted by Gasteiger charge is 2.20. The standard InChI is InChI=1S/C23H36N2O2/c1-3-22(27-21-10-9-19-7-4-5-8-20(19)17-21)23(26)24-13-6-14-25-15-11-18(2)12-16-25/h9-10,17-18,22H,3-8,11-16H2,1-2H3,(H,24,26)/t22-/m1/s1. The van der Waals surface area contributed by atoms with Crippen LogP contribution in [0.2, 0.25) is 0 Å². The number of piperidine rings is 1. The van der Waals surface area contributed by atoms with Gasteiger partial charge in [0.2, 0.25) is 0 Å². The summed E-state index contributed by atoms with van der Waals surface area (Å²) in [6.45, 7) is 8.56. The van der Waals surface area contributed by atoms with Gasteiger partial charge in [-0.2, -0.15) is 0 Å². The molecule has 1 atom stereocenters. The molecule has 2 aliphatic rings. The van der Waals surface area contributed by atoms with Gasteiger partial charge in [-0.25, -0.2) is 0 Å². The molecular weight excluding hydrogens is 336 g/mol. The number of ether oxygens (including phenoxy) is 1. The fourth-order valence-corrected chi connectivity index (χ4v) is 4.18. The van der Waals surface area contributed by atoms with Gasteiger partial charge >= 0.3 is 0 Å². The van der Waals surface area contributed by atoms with Crippen LogP contribution in [0.4, 0.5) is 0 Å². The van der Waals surface area contributed by atoms with E-state index in [1.54, 1.807) is 0 Å². The lowest BCUT2D eigenvalue weighted by molar-refractivity contribution is -0.128. The number of likely N-dealkylation sites (tertiary alicyclic amines) is 1. The second kappa shape index (κ2) is 10.1. The molecule has 150 valence electrons. The first-order valence-corrected chi connectivity index (χ1v) is 10.9. The third-order valence-electron chi connectivity index (χ3n) is 6.09. The first kappa shape index (κ1) is 20.2. The molecule has 4 nitrogen and oxygen atoms in total. The minimum atomic E-state index is -0.400. The molecule has 1 saturated heterocycles. The number of rotatable bonds is 8. The van der Waals surface area contributed by atoms with Crippen LogP contribution in [0.5, 0.6) is 5.75 Å². The Kier molecular flexibility index (Phi) is 7.57. The van der Waals surface area contributed by atoms with Gasteiger partial charge in [-0.05, 0) is 100 Å². The van der Waals surface area contributed by atoms with E-state index in [4.69, 9.17) is 4.74 Å². The van der Waals surface area contributed by atoms with E-state index >= 15 is 0 Å². The molecule has 1 amide bonds. The van der Waals surface area contributed by atoms with E-state index in [1.165, 1.54) is 56.3 Å². The summed E-state index contributed by atoms with van der Waals surface area (Å²) in [6, 6.07) is 6.34. The molecule has 1 heterocycles. The number of hydrogen-bond donors (Lipinski definition) is 1. The van der Waals surface area contributed by atoms with Gasteiger partial charge in [0, 0.05) is 6.54 Å². The van der Waals surface area contributed by atoms with Gasteiger partial charge in [0.05, 0.1) is 0 Å². The van der Waals surface area contributed by atoms with Crippen molar-refractivity contribution in [2.75, 3.05) is 26.2 Å². The van der Waals surface area contributed by atoms with Gasteiger partial charge in [0.25, 0.3) is 5.91 Å². The molecule has 0 bridgehead atoms. The number of aryl methyl sites for hydroxylation is 2. The summed E-state index contributed by atoms with van der Waals surface area (Å²) < 4.78 is 6.03. The number of hydrogen-bond acceptors (Lipinski definition) is 3. The predicted molar refractivity (Wildman–Crippen MR) is 110 cm³/mol. The van der Waals surface area contributed by atoms with Crippen LogP contribution in [0.15, 0.2) is 18.2 Å². The summed E-state index contributed by atoms with van der Waals surface area (Å²) in [5.74, 6) is 1.72. The van der Waals surface area contributed by atoms with Crippen LogP contribution in [-0.2, 0) is 17.6 Å². The van der Waals surface area contributed by atoms with E-state index in [0.29, 0.717) is 6.42 Å². The Hall–Kier alpha value is -1.55. The Balaban J connectivity index is 1.41. The maximum atomic E-state index is 12.5. The number of amides is 1. The van der Waals surface area contributed by atoms with Gasteiger partial charge in [-0.15, -0.1) is 0 Å². The number of benzene rings is 1. The molecule has 1 fully saturated rings. The molecule has 0 radical (unpaired) electrons. The number of carbonyl (C=O) groups excluding carboxylic acids is 1. The molecule has 0 spiro atoms. The highest BCUT2D eigenvalue weighted by Crippen LogP contribution is 2.26. The second-order valence-electron chi connectivity index (χ2n) is 8.32. The average molecular weight is 373 g/mol. The third-order valence-corrected chi connectivity index (χ3v) is 6.09. The Morgan fingerprint density at radius 2 is 1.96 bits per heavy atom. The lowest BCUT2D eigenvalue weighted by Gasteiger charge is -2.30. The molecular formula is C23H36N2O2. The molecule has 0 aromatic heterocycles. The first-order chi connectivity index (χ1) is 13.2. The Bertz CT molecular complexity index is 608. The highest BCUT2D eigenvalue weighted by atomic mass is 16.5. The van der Waals surface area contributed by atoms with E-state index in [-0.39, 0.29) is 5.91 Å². The van der Waals surface area contributed by atoms with Crippen molar-refractivity contribution in [3.63, 3.8) is 0 Å². The third kappa shape index (κ3) is 5.97. The fourth-order valence-electron chi connectivity index (χ4n) is 4.18. The van der Waals surface area contributed by atoms with Crippen molar-refractivity contribution in [2.45, 2.75) is 71.3 Å². The maximum Gasteiger partial charge on any atom is 0.261 e. The summed E-state index contributed by atoms with van der Waals surface area (Å²) in [4.78, 5) is 15.0. The topological polar surface area (TPSA) is 41.6 Å². The van der Waals surface area contributed by atoms with Crippen LogP contribution >= 0.6 is 0 Å². The predicted octanol–water partition coefficient (Wildman–Crippen LogP) is 3.96. The van der Waals surface area contributed by atoms with Gasteiger partial charge < -0.3 is 15.0 Å². The van der Waals surface area contributed by atoms with Crippen LogP contribution in [0.3, 0.4) is 0 Å². The summed E-state index contributed by atoms with van der Waals surface area (Å²) >= 11 is 0. The first-order valence-electron chi connectivity index (χ1n) is 10.9. The number of nitrogens with zero attached hydrogens (tertiary/aromatic N) is 1. The van der Waals surface area contributed by atoms with Crippen molar-refractivity contribution >= 4 is 5.91 Å². The molecule has 27 heavy (non-hydrogen) atoms. The average Bonchev–Trinajstić information content (AvgIpc) is 2.70. The largest absolute Gasteiger partial charge is 0.481 e. The summed E-state index contributed by atoms with van der Waals surface area (Å²) in [5.41, 5.74) is 2.84. The molecule has 1 aliphatic heterocycles. The van der Waals surface area contributed by atoms with E-state index in [9.17, 15) is 4.79 Å². The molecule has 3 rings (SSSR count). The highest BCUT2D eigenvalue weighted by molar-refractivity contribution is 5.81. The summed E-state index contributed by atoms with van der Waals surface area (Å²) in [5, 5.41) is 3.07. The van der Waals surface area contributed by atoms with Crippen LogP contribution < -0.4 is 10.1 Å². The summed E-state index contributed by atoms with van der Waals surface area (Å²) in [6.07, 6.45) is 8.74. The molecule has 4 heteroatoms. The smallest absolute Gasteiger partial charge is 0.261 e. The van der Waals surface area contributed by atoms with Gasteiger partial charge in [-0.1, -0.05) is 19.9 Å². The van der Waals surface area contributed by atoms with Gasteiger partial charge in [-0.3, -0.25) is 4.79 Å². The summed E-state index contributed by atoms with van der Waals surface area (Å²) in [7, 11) is 0. The van der Waals surface area contributed by atoms with E-state index in [1.807, 2.05) is 13.0 Å². The van der Waals surface area contributed by atoms with Crippen molar-refractivity contribution in [1.29, 1.82) is 0 Å². The number of carbonyl (C=O) groups is 1. The zero-order valence-corrected chi connectivity index (χ0v) is 17.1.